The molecule has 0 atom stereocenters. The summed E-state index contributed by atoms with van der Waals surface area (Å²) in [5.74, 6) is 0.754. The van der Waals surface area contributed by atoms with E-state index >= 15 is 0 Å². The maximum atomic E-state index is 11.7. The SMILES string of the molecule is CC(C)(C)c1cc(-c2nc3c(-c4[c-]c(-c5cc(-c6ccc([Si](C)(C)C)cc6)ccn5)cc(-c5ccccc5)c4)cccc3[n-]2)c(O)c(C(C)(C)C)c1.[Pt]. The summed E-state index contributed by atoms with van der Waals surface area (Å²) in [5.41, 5.74) is 11.9. The van der Waals surface area contributed by atoms with Gasteiger partial charge in [0.15, 0.2) is 0 Å². The van der Waals surface area contributed by atoms with Gasteiger partial charge in [-0.25, -0.2) is 0 Å². The van der Waals surface area contributed by atoms with Gasteiger partial charge in [0.2, 0.25) is 0 Å². The first-order valence-corrected chi connectivity index (χ1v) is 21.6. The van der Waals surface area contributed by atoms with E-state index in [2.05, 4.69) is 158 Å². The fourth-order valence-corrected chi connectivity index (χ4v) is 7.87. The summed E-state index contributed by atoms with van der Waals surface area (Å²) >= 11 is 0. The molecule has 4 nitrogen and oxygen atoms in total. The van der Waals surface area contributed by atoms with Gasteiger partial charge in [-0.15, -0.1) is 23.8 Å². The topological polar surface area (TPSA) is 60.1 Å². The zero-order chi connectivity index (χ0) is 37.0. The molecule has 5 aromatic carbocycles. The van der Waals surface area contributed by atoms with Crippen LogP contribution in [-0.2, 0) is 31.9 Å². The number of pyridine rings is 1. The molecule has 1 N–H and O–H groups in total. The second-order valence-corrected chi connectivity index (χ2v) is 22.0. The fraction of sp³-hybridized carbons (Fsp3) is 0.234. The van der Waals surface area contributed by atoms with Crippen LogP contribution in [0.3, 0.4) is 0 Å². The van der Waals surface area contributed by atoms with Gasteiger partial charge >= 0.3 is 0 Å². The van der Waals surface area contributed by atoms with Crippen LogP contribution in [0, 0.1) is 6.07 Å². The predicted molar refractivity (Wildman–Crippen MR) is 221 cm³/mol. The van der Waals surface area contributed by atoms with Crippen LogP contribution in [0.4, 0.5) is 0 Å². The molecule has 7 aromatic rings. The average molecular weight is 893 g/mol. The van der Waals surface area contributed by atoms with Crippen molar-refractivity contribution in [2.75, 3.05) is 0 Å². The third-order valence-electron chi connectivity index (χ3n) is 9.87. The quantitative estimate of drug-likeness (QED) is 0.133. The Bertz CT molecular complexity index is 2410. The van der Waals surface area contributed by atoms with Crippen LogP contribution >= 0.6 is 0 Å². The zero-order valence-corrected chi connectivity index (χ0v) is 35.3. The van der Waals surface area contributed by atoms with Gasteiger partial charge in [-0.05, 0) is 56.6 Å². The molecule has 0 bridgehead atoms. The molecule has 53 heavy (non-hydrogen) atoms. The van der Waals surface area contributed by atoms with E-state index in [1.165, 1.54) is 10.8 Å². The third-order valence-corrected chi connectivity index (χ3v) is 11.9. The van der Waals surface area contributed by atoms with E-state index in [0.29, 0.717) is 11.4 Å². The zero-order valence-electron chi connectivity index (χ0n) is 32.1. The van der Waals surface area contributed by atoms with Crippen molar-refractivity contribution >= 4 is 24.3 Å². The summed E-state index contributed by atoms with van der Waals surface area (Å²) in [7, 11) is -1.40. The molecule has 0 saturated carbocycles. The molecule has 0 saturated heterocycles. The molecule has 0 aliphatic heterocycles. The second-order valence-electron chi connectivity index (χ2n) is 17.0. The molecule has 2 aromatic heterocycles. The van der Waals surface area contributed by atoms with Crippen LogP contribution in [0.25, 0.3) is 67.1 Å². The normalized spacial score (nSPS) is 12.2. The van der Waals surface area contributed by atoms with Crippen molar-refractivity contribution in [2.24, 2.45) is 0 Å². The number of phenols is 1. The Kier molecular flexibility index (Phi) is 10.3. The van der Waals surface area contributed by atoms with Crippen molar-refractivity contribution in [1.29, 1.82) is 0 Å². The van der Waals surface area contributed by atoms with E-state index in [9.17, 15) is 5.11 Å². The first kappa shape index (κ1) is 38.2. The molecule has 0 spiro atoms. The van der Waals surface area contributed by atoms with Gasteiger partial charge in [-0.3, -0.25) is 4.98 Å². The van der Waals surface area contributed by atoms with Crippen molar-refractivity contribution in [3.8, 4) is 61.8 Å². The Morgan fingerprint density at radius 1 is 0.642 bits per heavy atom. The molecule has 2 heterocycles. The van der Waals surface area contributed by atoms with Crippen LogP contribution in [0.1, 0.15) is 52.7 Å². The Morgan fingerprint density at radius 3 is 1.98 bits per heavy atom. The molecule has 0 aliphatic rings. The Balaban J connectivity index is 0.00000481. The maximum absolute atomic E-state index is 11.7. The van der Waals surface area contributed by atoms with Crippen LogP contribution in [0.2, 0.25) is 19.6 Å². The molecule has 272 valence electrons. The summed E-state index contributed by atoms with van der Waals surface area (Å²) in [6.07, 6.45) is 1.89. The van der Waals surface area contributed by atoms with E-state index in [1.54, 1.807) is 0 Å². The Morgan fingerprint density at radius 2 is 1.32 bits per heavy atom. The maximum Gasteiger partial charge on any atom is 0.126 e. The number of aromatic hydroxyl groups is 1. The summed E-state index contributed by atoms with van der Waals surface area (Å²) in [6, 6.07) is 42.0. The van der Waals surface area contributed by atoms with Crippen molar-refractivity contribution in [3.05, 3.63) is 133 Å². The molecule has 0 aliphatic carbocycles. The minimum absolute atomic E-state index is 0. The number of hydrogen-bond donors (Lipinski definition) is 1. The third kappa shape index (κ3) is 7.88. The predicted octanol–water partition coefficient (Wildman–Crippen LogP) is 11.6. The second kappa shape index (κ2) is 14.3. The van der Waals surface area contributed by atoms with Gasteiger partial charge < -0.3 is 15.1 Å². The number of para-hydroxylation sites is 1. The summed E-state index contributed by atoms with van der Waals surface area (Å²) in [6.45, 7) is 20.1. The van der Waals surface area contributed by atoms with Crippen LogP contribution in [0.15, 0.2) is 115 Å². The number of hydrogen-bond acceptors (Lipinski definition) is 3. The first-order chi connectivity index (χ1) is 24.6. The fourth-order valence-electron chi connectivity index (χ4n) is 6.70. The molecule has 0 fully saturated rings. The van der Waals surface area contributed by atoms with E-state index in [1.807, 2.05) is 24.4 Å². The summed E-state index contributed by atoms with van der Waals surface area (Å²) in [5, 5.41) is 13.1. The van der Waals surface area contributed by atoms with Gasteiger partial charge in [0, 0.05) is 44.1 Å². The van der Waals surface area contributed by atoms with Gasteiger partial charge in [-0.2, -0.15) is 0 Å². The number of fused-ring (bicyclic) bond motifs is 1. The molecule has 0 unspecified atom stereocenters. The average Bonchev–Trinajstić information content (AvgIpc) is 3.55. The molecular weight excluding hydrogens is 846 g/mol. The van der Waals surface area contributed by atoms with Gasteiger partial charge in [0.1, 0.15) is 5.75 Å². The number of imidazole rings is 1. The van der Waals surface area contributed by atoms with Crippen molar-refractivity contribution in [2.45, 2.75) is 72.0 Å². The van der Waals surface area contributed by atoms with Gasteiger partial charge in [0.25, 0.3) is 0 Å². The smallest absolute Gasteiger partial charge is 0.126 e. The molecule has 0 amide bonds. The van der Waals surface area contributed by atoms with E-state index < -0.39 is 8.07 Å². The standard InChI is InChI=1S/C47H47N3OSi.Pt/c1-46(2,3)36-28-39(44(51)40(29-36)47(4,5)6)45-49-41-17-13-16-38(43(41)50-45)34-24-33(30-14-11-10-12-15-30)25-35(26-34)42-27-32(22-23-48-42)31-18-20-37(21-19-31)52(7,8)9;/h10-25,27-29H,1-9H3,(H-,49,50,51);/q-2;. The van der Waals surface area contributed by atoms with Crippen LogP contribution < -0.4 is 10.2 Å². The largest absolute Gasteiger partial charge is 0.507 e. The minimum Gasteiger partial charge on any atom is -0.507 e. The Hall–Kier alpha value is -4.57. The van der Waals surface area contributed by atoms with Crippen LogP contribution in [-0.4, -0.2) is 23.1 Å². The number of benzene rings is 5. The minimum atomic E-state index is -1.40. The number of nitrogens with zero attached hydrogens (tertiary/aromatic N) is 3. The van der Waals surface area contributed by atoms with Crippen molar-refractivity contribution in [3.63, 3.8) is 0 Å². The van der Waals surface area contributed by atoms with E-state index in [4.69, 9.17) is 15.0 Å². The van der Waals surface area contributed by atoms with Crippen molar-refractivity contribution < 1.29 is 26.2 Å². The van der Waals surface area contributed by atoms with E-state index in [-0.39, 0.29) is 37.6 Å². The first-order valence-electron chi connectivity index (χ1n) is 18.1. The monoisotopic (exact) mass is 892 g/mol. The Labute approximate surface area is 330 Å². The van der Waals surface area contributed by atoms with E-state index in [0.717, 1.165) is 61.2 Å². The van der Waals surface area contributed by atoms with Gasteiger partial charge in [0.05, 0.1) is 8.07 Å². The summed E-state index contributed by atoms with van der Waals surface area (Å²) < 4.78 is 0. The molecular formula is C47H47N3OPtSi-2. The number of phenolic OH excluding ortho intramolecular Hbond substituents is 1. The molecule has 0 radical (unpaired) electrons. The summed E-state index contributed by atoms with van der Waals surface area (Å²) in [4.78, 5) is 15.0. The number of aromatic nitrogens is 3. The molecule has 7 rings (SSSR count). The van der Waals surface area contributed by atoms with Gasteiger partial charge in [-0.1, -0.05) is 174 Å². The van der Waals surface area contributed by atoms with Crippen molar-refractivity contribution in [1.82, 2.24) is 15.0 Å². The van der Waals surface area contributed by atoms with Crippen LogP contribution in [0.5, 0.6) is 5.75 Å². The molecule has 6 heteroatoms. The number of rotatable bonds is 6.